The summed E-state index contributed by atoms with van der Waals surface area (Å²) in [5.41, 5.74) is 0.189. The Morgan fingerprint density at radius 3 is 2.75 bits per heavy atom. The minimum absolute atomic E-state index is 0.0816. The van der Waals surface area contributed by atoms with Crippen molar-refractivity contribution in [3.05, 3.63) is 18.3 Å². The molecule has 0 aromatic carbocycles. The summed E-state index contributed by atoms with van der Waals surface area (Å²) in [7, 11) is -4.02. The van der Waals surface area contributed by atoms with Gasteiger partial charge in [0, 0.05) is 36.7 Å². The number of carbonyl (C=O) groups excluding carboxylic acids is 1. The number of primary sulfonamides is 1. The van der Waals surface area contributed by atoms with Crippen LogP contribution in [-0.2, 0) is 14.8 Å². The minimum atomic E-state index is -4.02. The van der Waals surface area contributed by atoms with Crippen LogP contribution in [0.2, 0.25) is 0 Å². The number of carbonyl (C=O) groups is 1. The number of aromatic nitrogens is 1. The third-order valence-corrected chi connectivity index (χ3v) is 6.90. The van der Waals surface area contributed by atoms with Crippen LogP contribution in [0.1, 0.15) is 51.9 Å². The molecule has 3 N–H and O–H groups in total. The number of nitrogens with zero attached hydrogens (tertiary/aromatic N) is 1. The van der Waals surface area contributed by atoms with Crippen molar-refractivity contribution in [2.45, 2.75) is 62.8 Å². The van der Waals surface area contributed by atoms with Gasteiger partial charge in [0.2, 0.25) is 11.8 Å². The van der Waals surface area contributed by atoms with Crippen molar-refractivity contribution < 1.29 is 22.0 Å². The minimum Gasteiger partial charge on any atom is -0.326 e. The number of alkyl halides is 2. The summed E-state index contributed by atoms with van der Waals surface area (Å²) in [5, 5.41) is 7.30. The van der Waals surface area contributed by atoms with E-state index in [0.29, 0.717) is 12.3 Å². The van der Waals surface area contributed by atoms with Crippen LogP contribution in [0.4, 0.5) is 14.5 Å². The SMILES string of the molecule is C[C@H]1CCCC([C@H]2CCC(F)(F)C[C@@H]2C(=O)Nc2ccnc(S(N)(=O)=O)c2)C1. The van der Waals surface area contributed by atoms with Crippen LogP contribution in [0.3, 0.4) is 0 Å². The van der Waals surface area contributed by atoms with Crippen molar-refractivity contribution in [1.82, 2.24) is 4.98 Å². The van der Waals surface area contributed by atoms with Gasteiger partial charge in [-0.15, -0.1) is 0 Å². The van der Waals surface area contributed by atoms with Gasteiger partial charge < -0.3 is 5.32 Å². The zero-order valence-corrected chi connectivity index (χ0v) is 16.7. The Hall–Kier alpha value is -1.61. The van der Waals surface area contributed by atoms with Crippen molar-refractivity contribution >= 4 is 21.6 Å². The van der Waals surface area contributed by atoms with E-state index < -0.39 is 34.2 Å². The first-order valence-corrected chi connectivity index (χ1v) is 11.3. The molecule has 1 unspecified atom stereocenters. The summed E-state index contributed by atoms with van der Waals surface area (Å²) in [6.45, 7) is 2.17. The number of amides is 1. The highest BCUT2D eigenvalue weighted by atomic mass is 32.2. The van der Waals surface area contributed by atoms with Gasteiger partial charge in [-0.05, 0) is 36.7 Å². The fourth-order valence-corrected chi connectivity index (χ4v) is 5.25. The molecule has 0 bridgehead atoms. The molecule has 1 aromatic rings. The predicted molar refractivity (Wildman–Crippen MR) is 101 cm³/mol. The molecular weight excluding hydrogens is 388 g/mol. The summed E-state index contributed by atoms with van der Waals surface area (Å²) in [6, 6.07) is 2.57. The van der Waals surface area contributed by atoms with Gasteiger partial charge in [0.05, 0.1) is 0 Å². The summed E-state index contributed by atoms with van der Waals surface area (Å²) >= 11 is 0. The van der Waals surface area contributed by atoms with E-state index in [-0.39, 0.29) is 29.0 Å². The molecule has 0 saturated heterocycles. The first kappa shape index (κ1) is 21.1. The number of sulfonamides is 1. The van der Waals surface area contributed by atoms with Gasteiger partial charge in [-0.3, -0.25) is 4.79 Å². The number of pyridine rings is 1. The molecule has 4 atom stereocenters. The highest BCUT2D eigenvalue weighted by Gasteiger charge is 2.47. The van der Waals surface area contributed by atoms with Crippen molar-refractivity contribution in [2.75, 3.05) is 5.32 Å². The normalized spacial score (nSPS) is 30.6. The van der Waals surface area contributed by atoms with E-state index >= 15 is 0 Å². The van der Waals surface area contributed by atoms with Crippen molar-refractivity contribution in [1.29, 1.82) is 0 Å². The lowest BCUT2D eigenvalue weighted by molar-refractivity contribution is -0.134. The summed E-state index contributed by atoms with van der Waals surface area (Å²) in [4.78, 5) is 16.6. The zero-order chi connectivity index (χ0) is 20.5. The predicted octanol–water partition coefficient (Wildman–Crippen LogP) is 3.55. The lowest BCUT2D eigenvalue weighted by Gasteiger charge is -2.42. The molecule has 0 radical (unpaired) electrons. The topological polar surface area (TPSA) is 102 Å². The molecule has 2 aliphatic rings. The van der Waals surface area contributed by atoms with Crippen LogP contribution in [0, 0.1) is 23.7 Å². The molecule has 0 aliphatic heterocycles. The summed E-state index contributed by atoms with van der Waals surface area (Å²) in [6.07, 6.45) is 5.03. The first-order chi connectivity index (χ1) is 13.0. The largest absolute Gasteiger partial charge is 0.326 e. The molecule has 156 valence electrons. The van der Waals surface area contributed by atoms with Gasteiger partial charge in [0.25, 0.3) is 10.0 Å². The molecule has 0 spiro atoms. The second-order valence-electron chi connectivity index (χ2n) is 8.32. The van der Waals surface area contributed by atoms with Crippen LogP contribution < -0.4 is 10.5 Å². The Balaban J connectivity index is 1.79. The molecule has 2 saturated carbocycles. The lowest BCUT2D eigenvalue weighted by atomic mass is 9.65. The third kappa shape index (κ3) is 5.05. The Labute approximate surface area is 164 Å². The number of halogens is 2. The molecule has 28 heavy (non-hydrogen) atoms. The lowest BCUT2D eigenvalue weighted by Crippen LogP contribution is -2.43. The van der Waals surface area contributed by atoms with Crippen LogP contribution in [0.5, 0.6) is 0 Å². The van der Waals surface area contributed by atoms with E-state index in [1.807, 2.05) is 0 Å². The number of hydrogen-bond donors (Lipinski definition) is 2. The van der Waals surface area contributed by atoms with E-state index in [4.69, 9.17) is 5.14 Å². The standard InChI is InChI=1S/C19H27F2N3O3S/c1-12-3-2-4-13(9-12)15-5-7-19(20,21)11-16(15)18(25)24-14-6-8-23-17(10-14)28(22,26)27/h6,8,10,12-13,15-16H,2-5,7,9,11H2,1H3,(H2,22,26,27)(H,23,24,25)/t12-,13?,15+,16-/m0/s1. The van der Waals surface area contributed by atoms with Crippen molar-refractivity contribution in [2.24, 2.45) is 28.8 Å². The zero-order valence-electron chi connectivity index (χ0n) is 15.9. The van der Waals surface area contributed by atoms with Crippen molar-refractivity contribution in [3.8, 4) is 0 Å². The van der Waals surface area contributed by atoms with E-state index in [2.05, 4.69) is 17.2 Å². The maximum Gasteiger partial charge on any atom is 0.255 e. The van der Waals surface area contributed by atoms with Crippen LogP contribution in [0.15, 0.2) is 23.4 Å². The Morgan fingerprint density at radius 2 is 2.07 bits per heavy atom. The molecule has 1 aromatic heterocycles. The third-order valence-electron chi connectivity index (χ3n) is 6.09. The van der Waals surface area contributed by atoms with Gasteiger partial charge in [-0.1, -0.05) is 26.2 Å². The average Bonchev–Trinajstić information content (AvgIpc) is 2.60. The number of hydrogen-bond acceptors (Lipinski definition) is 4. The van der Waals surface area contributed by atoms with E-state index in [0.717, 1.165) is 31.7 Å². The average molecular weight is 416 g/mol. The smallest absolute Gasteiger partial charge is 0.255 e. The van der Waals surface area contributed by atoms with E-state index in [1.54, 1.807) is 0 Å². The molecule has 2 fully saturated rings. The molecule has 2 aliphatic carbocycles. The second kappa shape index (κ2) is 8.02. The van der Waals surface area contributed by atoms with E-state index in [9.17, 15) is 22.0 Å². The number of rotatable bonds is 4. The molecule has 1 heterocycles. The van der Waals surface area contributed by atoms with Gasteiger partial charge in [0.1, 0.15) is 0 Å². The monoisotopic (exact) mass is 415 g/mol. The molecule has 3 rings (SSSR count). The Bertz CT molecular complexity index is 831. The number of nitrogens with two attached hydrogens (primary N) is 1. The fraction of sp³-hybridized carbons (Fsp3) is 0.684. The summed E-state index contributed by atoms with van der Waals surface area (Å²) in [5.74, 6) is -3.42. The second-order valence-corrected chi connectivity index (χ2v) is 9.83. The maximum absolute atomic E-state index is 14.1. The maximum atomic E-state index is 14.1. The van der Waals surface area contributed by atoms with E-state index in [1.165, 1.54) is 12.3 Å². The van der Waals surface area contributed by atoms with Gasteiger partial charge >= 0.3 is 0 Å². The fourth-order valence-electron chi connectivity index (χ4n) is 4.75. The molecule has 9 heteroatoms. The van der Waals surface area contributed by atoms with Crippen LogP contribution in [0.25, 0.3) is 0 Å². The first-order valence-electron chi connectivity index (χ1n) is 9.73. The van der Waals surface area contributed by atoms with Crippen LogP contribution in [-0.4, -0.2) is 25.2 Å². The highest BCUT2D eigenvalue weighted by Crippen LogP contribution is 2.47. The molecular formula is C19H27F2N3O3S. The van der Waals surface area contributed by atoms with Gasteiger partial charge in [0.15, 0.2) is 5.03 Å². The Kier molecular flexibility index (Phi) is 6.05. The number of nitrogens with one attached hydrogen (secondary N) is 1. The summed E-state index contributed by atoms with van der Waals surface area (Å²) < 4.78 is 51.1. The van der Waals surface area contributed by atoms with Gasteiger partial charge in [-0.2, -0.15) is 0 Å². The van der Waals surface area contributed by atoms with Gasteiger partial charge in [-0.25, -0.2) is 27.3 Å². The highest BCUT2D eigenvalue weighted by molar-refractivity contribution is 7.89. The van der Waals surface area contributed by atoms with Crippen LogP contribution >= 0.6 is 0 Å². The Morgan fingerprint density at radius 1 is 1.32 bits per heavy atom. The number of anilines is 1. The van der Waals surface area contributed by atoms with Crippen molar-refractivity contribution in [3.63, 3.8) is 0 Å². The quantitative estimate of drug-likeness (QED) is 0.785. The molecule has 6 nitrogen and oxygen atoms in total. The molecule has 1 amide bonds.